The first kappa shape index (κ1) is 6.68. The molecule has 0 atom stereocenters. The molecule has 0 aliphatic carbocycles. The largest absolute Gasteiger partial charge is 0.499 e. The molecule has 1 radical (unpaired) electrons. The Kier molecular flexibility index (Phi) is 2.64. The highest BCUT2D eigenvalue weighted by Crippen LogP contribution is 2.21. The average molecular weight is 143 g/mol. The molecule has 0 bridgehead atoms. The Morgan fingerprint density at radius 2 is 2.78 bits per heavy atom. The molecule has 1 heterocycles. The molecule has 2 nitrogen and oxygen atoms in total. The van der Waals surface area contributed by atoms with E-state index in [9.17, 15) is 4.79 Å². The van der Waals surface area contributed by atoms with Crippen molar-refractivity contribution < 1.29 is 9.53 Å². The first-order valence-electron chi connectivity index (χ1n) is 2.72. The fourth-order valence-electron chi connectivity index (χ4n) is 0.571. The predicted molar refractivity (Wildman–Crippen MR) is 36.8 cm³/mol. The van der Waals surface area contributed by atoms with E-state index in [-0.39, 0.29) is 0 Å². The van der Waals surface area contributed by atoms with Crippen molar-refractivity contribution in [3.8, 4) is 0 Å². The Morgan fingerprint density at radius 3 is 3.33 bits per heavy atom. The van der Waals surface area contributed by atoms with E-state index in [2.05, 4.69) is 0 Å². The van der Waals surface area contributed by atoms with Crippen molar-refractivity contribution in [2.75, 3.05) is 12.4 Å². The van der Waals surface area contributed by atoms with Gasteiger partial charge in [-0.05, 0) is 0 Å². The molecule has 0 fully saturated rings. The van der Waals surface area contributed by atoms with Gasteiger partial charge in [0.05, 0.1) is 12.9 Å². The molecule has 0 amide bonds. The fourth-order valence-corrected chi connectivity index (χ4v) is 1.31. The van der Waals surface area contributed by atoms with Crippen molar-refractivity contribution in [2.45, 2.75) is 6.42 Å². The molecule has 49 valence electrons. The van der Waals surface area contributed by atoms with Gasteiger partial charge < -0.3 is 4.74 Å². The van der Waals surface area contributed by atoms with E-state index in [4.69, 9.17) is 4.74 Å². The van der Waals surface area contributed by atoms with Gasteiger partial charge in [-0.15, -0.1) is 11.8 Å². The van der Waals surface area contributed by atoms with Crippen molar-refractivity contribution in [1.82, 2.24) is 0 Å². The first-order chi connectivity index (χ1) is 4.43. The second-order valence-corrected chi connectivity index (χ2v) is 2.85. The van der Waals surface area contributed by atoms with Crippen LogP contribution in [0.3, 0.4) is 0 Å². The molecule has 0 aromatic rings. The monoisotopic (exact) mass is 143 g/mol. The summed E-state index contributed by atoms with van der Waals surface area (Å²) in [6, 6.07) is 0. The highest BCUT2D eigenvalue weighted by Gasteiger charge is 2.02. The number of thioether (sulfide) groups is 1. The minimum atomic E-state index is 0.380. The predicted octanol–water partition coefficient (Wildman–Crippen LogP) is 1.09. The van der Waals surface area contributed by atoms with Gasteiger partial charge in [0.1, 0.15) is 0 Å². The lowest BCUT2D eigenvalue weighted by atomic mass is 10.4. The van der Waals surface area contributed by atoms with Crippen LogP contribution < -0.4 is 0 Å². The van der Waals surface area contributed by atoms with Crippen molar-refractivity contribution in [1.29, 1.82) is 0 Å². The van der Waals surface area contributed by atoms with E-state index in [1.807, 2.05) is 6.29 Å². The maximum absolute atomic E-state index is 9.84. The van der Waals surface area contributed by atoms with E-state index in [0.29, 0.717) is 6.42 Å². The standard InChI is InChI=1S/C6H7O2S/c7-2-1-6-5-8-3-4-9-6/h5H,1,3-4H2. The molecule has 0 saturated heterocycles. The highest BCUT2D eigenvalue weighted by atomic mass is 32.2. The number of rotatable bonds is 2. The number of ether oxygens (including phenoxy) is 1. The smallest absolute Gasteiger partial charge is 0.203 e. The SMILES string of the molecule is O=[C]CC1=COCCS1. The van der Waals surface area contributed by atoms with Crippen LogP contribution in [0.15, 0.2) is 11.2 Å². The van der Waals surface area contributed by atoms with Crippen molar-refractivity contribution in [3.63, 3.8) is 0 Å². The summed E-state index contributed by atoms with van der Waals surface area (Å²) < 4.78 is 4.97. The number of carbonyl (C=O) groups excluding carboxylic acids is 1. The van der Waals surface area contributed by atoms with Crippen molar-refractivity contribution >= 4 is 18.0 Å². The van der Waals surface area contributed by atoms with Gasteiger partial charge in [-0.2, -0.15) is 0 Å². The zero-order valence-electron chi connectivity index (χ0n) is 4.92. The first-order valence-corrected chi connectivity index (χ1v) is 3.70. The molecule has 1 aliphatic heterocycles. The van der Waals surface area contributed by atoms with Gasteiger partial charge in [0.25, 0.3) is 0 Å². The van der Waals surface area contributed by atoms with Gasteiger partial charge in [0.2, 0.25) is 6.29 Å². The lowest BCUT2D eigenvalue weighted by Crippen LogP contribution is -1.98. The summed E-state index contributed by atoms with van der Waals surface area (Å²) in [6.07, 6.45) is 3.84. The second-order valence-electron chi connectivity index (χ2n) is 1.62. The molecular formula is C6H7O2S. The third-order valence-electron chi connectivity index (χ3n) is 0.950. The van der Waals surface area contributed by atoms with Gasteiger partial charge in [-0.25, -0.2) is 0 Å². The van der Waals surface area contributed by atoms with Crippen molar-refractivity contribution in [3.05, 3.63) is 11.2 Å². The normalized spacial score (nSPS) is 18.0. The van der Waals surface area contributed by atoms with E-state index in [1.54, 1.807) is 18.0 Å². The molecule has 0 aromatic heterocycles. The van der Waals surface area contributed by atoms with E-state index >= 15 is 0 Å². The van der Waals surface area contributed by atoms with Crippen LogP contribution in [-0.4, -0.2) is 18.6 Å². The van der Waals surface area contributed by atoms with Gasteiger partial charge >= 0.3 is 0 Å². The molecule has 0 saturated carbocycles. The molecule has 0 unspecified atom stereocenters. The lowest BCUT2D eigenvalue weighted by Gasteiger charge is -2.09. The van der Waals surface area contributed by atoms with Crippen LogP contribution in [0.2, 0.25) is 0 Å². The molecule has 9 heavy (non-hydrogen) atoms. The molecule has 0 spiro atoms. The molecule has 0 aromatic carbocycles. The number of hydrogen-bond donors (Lipinski definition) is 0. The summed E-state index contributed by atoms with van der Waals surface area (Å²) in [7, 11) is 0. The summed E-state index contributed by atoms with van der Waals surface area (Å²) in [5.41, 5.74) is 0. The topological polar surface area (TPSA) is 26.3 Å². The molecule has 3 heteroatoms. The summed E-state index contributed by atoms with van der Waals surface area (Å²) in [5.74, 6) is 0.952. The lowest BCUT2D eigenvalue weighted by molar-refractivity contribution is 0.267. The van der Waals surface area contributed by atoms with Crippen LogP contribution in [0.25, 0.3) is 0 Å². The summed E-state index contributed by atoms with van der Waals surface area (Å²) in [6.45, 7) is 0.757. The van der Waals surface area contributed by atoms with E-state index in [1.165, 1.54) is 0 Å². The summed E-state index contributed by atoms with van der Waals surface area (Å²) >= 11 is 1.66. The van der Waals surface area contributed by atoms with Gasteiger partial charge in [-0.3, -0.25) is 4.79 Å². The van der Waals surface area contributed by atoms with Crippen LogP contribution in [0.5, 0.6) is 0 Å². The molecule has 1 rings (SSSR count). The Balaban J connectivity index is 2.36. The van der Waals surface area contributed by atoms with E-state index in [0.717, 1.165) is 17.3 Å². The zero-order valence-corrected chi connectivity index (χ0v) is 5.74. The minimum absolute atomic E-state index is 0.380. The van der Waals surface area contributed by atoms with Crippen LogP contribution >= 0.6 is 11.8 Å². The third kappa shape index (κ3) is 2.10. The number of hydrogen-bond acceptors (Lipinski definition) is 3. The molecule has 1 aliphatic rings. The maximum atomic E-state index is 9.84. The van der Waals surface area contributed by atoms with Crippen LogP contribution in [0.4, 0.5) is 0 Å². The quantitative estimate of drug-likeness (QED) is 0.578. The van der Waals surface area contributed by atoms with Crippen LogP contribution in [0, 0.1) is 0 Å². The Hall–Kier alpha value is -0.440. The van der Waals surface area contributed by atoms with Gasteiger partial charge in [0.15, 0.2) is 0 Å². The Bertz CT molecular complexity index is 131. The zero-order chi connectivity index (χ0) is 6.53. The summed E-state index contributed by atoms with van der Waals surface area (Å²) in [4.78, 5) is 10.8. The average Bonchev–Trinajstić information content (AvgIpc) is 1.91. The van der Waals surface area contributed by atoms with E-state index < -0.39 is 0 Å². The van der Waals surface area contributed by atoms with Gasteiger partial charge in [-0.1, -0.05) is 0 Å². The van der Waals surface area contributed by atoms with Crippen LogP contribution in [-0.2, 0) is 9.53 Å². The second kappa shape index (κ2) is 3.56. The van der Waals surface area contributed by atoms with Gasteiger partial charge in [0, 0.05) is 17.1 Å². The number of allylic oxidation sites excluding steroid dienone is 1. The molecule has 0 N–H and O–H groups in total. The van der Waals surface area contributed by atoms with Crippen LogP contribution in [0.1, 0.15) is 6.42 Å². The summed E-state index contributed by atoms with van der Waals surface area (Å²) in [5, 5.41) is 0. The Morgan fingerprint density at radius 1 is 1.89 bits per heavy atom. The minimum Gasteiger partial charge on any atom is -0.499 e. The maximum Gasteiger partial charge on any atom is 0.203 e. The Labute approximate surface area is 58.3 Å². The highest BCUT2D eigenvalue weighted by molar-refractivity contribution is 8.03. The fraction of sp³-hybridized carbons (Fsp3) is 0.500. The van der Waals surface area contributed by atoms with Crippen molar-refractivity contribution in [2.24, 2.45) is 0 Å². The third-order valence-corrected chi connectivity index (χ3v) is 1.93. The molecular weight excluding hydrogens is 136 g/mol.